The molecule has 0 aliphatic rings. The number of hydroxylamine groups is 2. The second kappa shape index (κ2) is 8.67. The maximum Gasteiger partial charge on any atom is 0.0363 e. The topological polar surface area (TPSA) is 35.5 Å². The fourth-order valence-electron chi connectivity index (χ4n) is 0.639. The van der Waals surface area contributed by atoms with E-state index in [0.717, 1.165) is 18.8 Å². The van der Waals surface area contributed by atoms with Crippen molar-refractivity contribution in [3.8, 4) is 0 Å². The van der Waals surface area contributed by atoms with Gasteiger partial charge in [0.05, 0.1) is 0 Å². The van der Waals surface area contributed by atoms with Crippen molar-refractivity contribution in [1.82, 2.24) is 10.4 Å². The van der Waals surface area contributed by atoms with Gasteiger partial charge >= 0.3 is 0 Å². The Kier molecular flexibility index (Phi) is 9.13. The Morgan fingerprint density at radius 3 is 2.36 bits per heavy atom. The number of rotatable bonds is 7. The van der Waals surface area contributed by atoms with Gasteiger partial charge in [0.2, 0.25) is 0 Å². The molecule has 11 heavy (non-hydrogen) atoms. The summed E-state index contributed by atoms with van der Waals surface area (Å²) in [5.41, 5.74) is 0. The largest absolute Gasteiger partial charge is 0.315 e. The van der Waals surface area contributed by atoms with Crippen LogP contribution in [0.1, 0.15) is 0 Å². The quantitative estimate of drug-likeness (QED) is 0.265. The highest BCUT2D eigenvalue weighted by Gasteiger charge is 1.96. The molecule has 0 amide bonds. The number of hydrogen-bond donors (Lipinski definition) is 4. The lowest BCUT2D eigenvalue weighted by molar-refractivity contribution is -0.0833. The van der Waals surface area contributed by atoms with Gasteiger partial charge in [0.1, 0.15) is 0 Å². The Labute approximate surface area is 78.9 Å². The van der Waals surface area contributed by atoms with E-state index in [4.69, 9.17) is 5.21 Å². The van der Waals surface area contributed by atoms with E-state index in [1.807, 2.05) is 0 Å². The van der Waals surface area contributed by atoms with Gasteiger partial charge in [-0.25, -0.2) is 0 Å². The van der Waals surface area contributed by atoms with Crippen LogP contribution in [0.3, 0.4) is 0 Å². The van der Waals surface area contributed by atoms with Crippen LogP contribution in [-0.4, -0.2) is 48.0 Å². The van der Waals surface area contributed by atoms with E-state index in [2.05, 4.69) is 30.6 Å². The molecule has 0 aliphatic carbocycles. The van der Waals surface area contributed by atoms with Crippen LogP contribution in [-0.2, 0) is 0 Å². The Morgan fingerprint density at radius 1 is 1.09 bits per heavy atom. The first-order chi connectivity index (χ1) is 5.31. The van der Waals surface area contributed by atoms with Gasteiger partial charge in [0.25, 0.3) is 0 Å². The molecule has 0 heterocycles. The minimum absolute atomic E-state index is 0.617. The van der Waals surface area contributed by atoms with E-state index in [9.17, 15) is 0 Å². The third-order valence-corrected chi connectivity index (χ3v) is 1.62. The van der Waals surface area contributed by atoms with Crippen molar-refractivity contribution in [3.05, 3.63) is 0 Å². The maximum absolute atomic E-state index is 9.07. The van der Waals surface area contributed by atoms with Gasteiger partial charge in [-0.15, -0.1) is 0 Å². The summed E-state index contributed by atoms with van der Waals surface area (Å²) in [6.07, 6.45) is 0. The van der Waals surface area contributed by atoms with Crippen LogP contribution in [0.5, 0.6) is 0 Å². The molecule has 0 spiro atoms. The first-order valence-corrected chi connectivity index (χ1v) is 4.94. The van der Waals surface area contributed by atoms with Crippen molar-refractivity contribution in [2.75, 3.05) is 37.7 Å². The fourth-order valence-corrected chi connectivity index (χ4v) is 1.03. The van der Waals surface area contributed by atoms with Gasteiger partial charge < -0.3 is 10.5 Å². The van der Waals surface area contributed by atoms with Gasteiger partial charge in [-0.05, 0) is 0 Å². The molecule has 0 rings (SSSR count). The number of hydrogen-bond acceptors (Lipinski definition) is 5. The summed E-state index contributed by atoms with van der Waals surface area (Å²) in [7, 11) is 0. The van der Waals surface area contributed by atoms with Crippen LogP contribution in [0.2, 0.25) is 0 Å². The first kappa shape index (κ1) is 11.6. The summed E-state index contributed by atoms with van der Waals surface area (Å²) >= 11 is 8.02. The van der Waals surface area contributed by atoms with Crippen LogP contribution in [0, 0.1) is 0 Å². The lowest BCUT2D eigenvalue weighted by Gasteiger charge is -2.12. The van der Waals surface area contributed by atoms with E-state index in [1.54, 1.807) is 0 Å². The molecule has 0 bridgehead atoms. The molecule has 68 valence electrons. The number of nitrogens with zero attached hydrogens (tertiary/aromatic N) is 1. The van der Waals surface area contributed by atoms with E-state index < -0.39 is 0 Å². The molecule has 0 saturated carbocycles. The molecule has 3 nitrogen and oxygen atoms in total. The van der Waals surface area contributed by atoms with E-state index in [-0.39, 0.29) is 0 Å². The van der Waals surface area contributed by atoms with Crippen LogP contribution in [0.15, 0.2) is 0 Å². The lowest BCUT2D eigenvalue weighted by atomic mass is 10.5. The third-order valence-electron chi connectivity index (χ3n) is 1.19. The standard InChI is InChI=1S/C6H16N2OS2/c9-8(4-6-11)3-1-7-2-5-10/h7,9-11H,1-6H2. The van der Waals surface area contributed by atoms with Crippen LogP contribution >= 0.6 is 25.3 Å². The van der Waals surface area contributed by atoms with Crippen molar-refractivity contribution in [2.24, 2.45) is 0 Å². The normalized spacial score (nSPS) is 10.9. The first-order valence-electron chi connectivity index (χ1n) is 3.67. The second-order valence-electron chi connectivity index (χ2n) is 2.15. The van der Waals surface area contributed by atoms with Gasteiger partial charge in [-0.3, -0.25) is 0 Å². The van der Waals surface area contributed by atoms with Crippen LogP contribution < -0.4 is 5.32 Å². The maximum atomic E-state index is 9.07. The van der Waals surface area contributed by atoms with Crippen LogP contribution in [0.4, 0.5) is 0 Å². The number of nitrogens with one attached hydrogen (secondary N) is 1. The second-order valence-corrected chi connectivity index (χ2v) is 3.05. The van der Waals surface area contributed by atoms with Gasteiger partial charge in [-0.1, -0.05) is 0 Å². The van der Waals surface area contributed by atoms with Gasteiger partial charge in [0.15, 0.2) is 0 Å². The SMILES string of the molecule is ON(CCS)CCNCCS. The molecule has 0 atom stereocenters. The zero-order valence-corrected chi connectivity index (χ0v) is 8.32. The van der Waals surface area contributed by atoms with Crippen molar-refractivity contribution in [2.45, 2.75) is 0 Å². The summed E-state index contributed by atoms with van der Waals surface area (Å²) in [6, 6.07) is 0. The number of thiol groups is 2. The molecule has 2 N–H and O–H groups in total. The van der Waals surface area contributed by atoms with E-state index in [1.165, 1.54) is 5.06 Å². The molecular weight excluding hydrogens is 180 g/mol. The average molecular weight is 196 g/mol. The summed E-state index contributed by atoms with van der Waals surface area (Å²) in [6.45, 7) is 2.95. The predicted molar refractivity (Wildman–Crippen MR) is 53.9 cm³/mol. The monoisotopic (exact) mass is 196 g/mol. The predicted octanol–water partition coefficient (Wildman–Crippen LogP) is 0.127. The van der Waals surface area contributed by atoms with Crippen molar-refractivity contribution in [3.63, 3.8) is 0 Å². The summed E-state index contributed by atoms with van der Waals surface area (Å²) < 4.78 is 0. The molecule has 0 unspecified atom stereocenters. The van der Waals surface area contributed by atoms with E-state index >= 15 is 0 Å². The smallest absolute Gasteiger partial charge is 0.0363 e. The molecule has 0 radical (unpaired) electrons. The zero-order valence-electron chi connectivity index (χ0n) is 6.53. The Bertz CT molecular complexity index is 85.0. The molecular formula is C6H16N2OS2. The van der Waals surface area contributed by atoms with Crippen molar-refractivity contribution >= 4 is 25.3 Å². The molecule has 0 aromatic carbocycles. The third kappa shape index (κ3) is 8.49. The zero-order chi connectivity index (χ0) is 8.53. The Hall–Kier alpha value is 0.580. The fraction of sp³-hybridized carbons (Fsp3) is 1.00. The van der Waals surface area contributed by atoms with Crippen molar-refractivity contribution < 1.29 is 5.21 Å². The lowest BCUT2D eigenvalue weighted by Crippen LogP contribution is -2.31. The summed E-state index contributed by atoms with van der Waals surface area (Å²) in [5.74, 6) is 1.51. The molecule has 0 aliphatic heterocycles. The molecule has 0 fully saturated rings. The average Bonchev–Trinajstić information content (AvgIpc) is 1.99. The van der Waals surface area contributed by atoms with Gasteiger partial charge in [0, 0.05) is 37.7 Å². The molecule has 0 aromatic heterocycles. The van der Waals surface area contributed by atoms with E-state index in [0.29, 0.717) is 18.8 Å². The summed E-state index contributed by atoms with van der Waals surface area (Å²) in [5, 5.41) is 13.5. The highest BCUT2D eigenvalue weighted by atomic mass is 32.1. The molecule has 5 heteroatoms. The Balaban J connectivity index is 2.97. The highest BCUT2D eigenvalue weighted by Crippen LogP contribution is 1.81. The summed E-state index contributed by atoms with van der Waals surface area (Å²) in [4.78, 5) is 0. The van der Waals surface area contributed by atoms with Crippen molar-refractivity contribution in [1.29, 1.82) is 0 Å². The minimum Gasteiger partial charge on any atom is -0.315 e. The molecule has 0 aromatic rings. The minimum atomic E-state index is 0.617. The Morgan fingerprint density at radius 2 is 1.82 bits per heavy atom. The van der Waals surface area contributed by atoms with Crippen LogP contribution in [0.25, 0.3) is 0 Å². The highest BCUT2D eigenvalue weighted by molar-refractivity contribution is 7.80. The van der Waals surface area contributed by atoms with Gasteiger partial charge in [-0.2, -0.15) is 30.3 Å². The molecule has 0 saturated heterocycles.